The number of nitrogens with zero attached hydrogens (tertiary/aromatic N) is 8. The standard InChI is InChI=1S/C44H65FN8O11/c1-12-31-44(8)36(52(41(59)64-44)20-16-15-19-51-22-28(46-48-51)23-53-30-18-14-13-17-29(30)47-49-53)25(3)33(54)24(2)21-42(6,60-11)38(26(4)37(57)43(7,45)40(58)62-31)63-39-35(56)32(50(9)10)34(55)27(5)61-39/h13-14,17-18,22,24-27,31-32,34-36,38-39,55-56H,12,15-16,19-21,23H2,1-11H3/t24-,25+,26+,27?,31-,32?,34?,35?,36-,38-,39?,42+,43+,44-/m1/s1. The summed E-state index contributed by atoms with van der Waals surface area (Å²) in [5, 5.41) is 39.3. The highest BCUT2D eigenvalue weighted by molar-refractivity contribution is 6.08. The molecule has 2 N–H and O–H groups in total. The van der Waals surface area contributed by atoms with Gasteiger partial charge in [0, 0.05) is 38.0 Å². The number of alkyl halides is 1. The first-order valence-electron chi connectivity index (χ1n) is 22.1. The molecule has 3 aliphatic rings. The minimum Gasteiger partial charge on any atom is -0.455 e. The van der Waals surface area contributed by atoms with Crippen LogP contribution in [-0.2, 0) is 51.2 Å². The van der Waals surface area contributed by atoms with Gasteiger partial charge in [0.1, 0.15) is 29.2 Å². The third-order valence-electron chi connectivity index (χ3n) is 13.7. The quantitative estimate of drug-likeness (QED) is 0.151. The largest absolute Gasteiger partial charge is 0.455 e. The number of para-hydroxylation sites is 1. The number of methoxy groups -OCH3 is 1. The molecule has 3 saturated heterocycles. The summed E-state index contributed by atoms with van der Waals surface area (Å²) in [4.78, 5) is 60.0. The lowest BCUT2D eigenvalue weighted by atomic mass is 9.73. The predicted molar refractivity (Wildman–Crippen MR) is 227 cm³/mol. The zero-order chi connectivity index (χ0) is 47.1. The number of unbranched alkanes of at least 4 members (excludes halogenated alkanes) is 1. The fourth-order valence-electron chi connectivity index (χ4n) is 10.1. The van der Waals surface area contributed by atoms with Crippen LogP contribution in [0.1, 0.15) is 86.8 Å². The Labute approximate surface area is 372 Å². The Morgan fingerprint density at radius 3 is 2.31 bits per heavy atom. The van der Waals surface area contributed by atoms with E-state index in [2.05, 4.69) is 20.6 Å². The Balaban J connectivity index is 1.26. The number of aromatic nitrogens is 6. The molecule has 20 heteroatoms. The van der Waals surface area contributed by atoms with Crippen molar-refractivity contribution in [2.75, 3.05) is 27.7 Å². The van der Waals surface area contributed by atoms with Crippen molar-refractivity contribution >= 4 is 34.7 Å². The fraction of sp³-hybridized carbons (Fsp3) is 0.727. The van der Waals surface area contributed by atoms with E-state index in [1.54, 1.807) is 69.9 Å². The number of Topliss-reactive ketones (excluding diaryl/α,β-unsaturated/α-hetero) is 2. The highest BCUT2D eigenvalue weighted by atomic mass is 19.1. The molecular weight excluding hydrogens is 836 g/mol. The summed E-state index contributed by atoms with van der Waals surface area (Å²) in [7, 11) is 4.70. The molecule has 0 saturated carbocycles. The van der Waals surface area contributed by atoms with Crippen molar-refractivity contribution in [3.05, 3.63) is 36.2 Å². The lowest BCUT2D eigenvalue weighted by Gasteiger charge is -2.48. The highest BCUT2D eigenvalue weighted by Gasteiger charge is 2.62. The van der Waals surface area contributed by atoms with Gasteiger partial charge in [-0.1, -0.05) is 50.3 Å². The number of esters is 1. The number of ether oxygens (including phenoxy) is 5. The van der Waals surface area contributed by atoms with Crippen LogP contribution < -0.4 is 0 Å². The van der Waals surface area contributed by atoms with E-state index in [-0.39, 0.29) is 25.2 Å². The number of aryl methyl sites for hydroxylation is 1. The van der Waals surface area contributed by atoms with Crippen LogP contribution in [0.2, 0.25) is 0 Å². The number of aliphatic hydroxyl groups is 2. The van der Waals surface area contributed by atoms with E-state index in [1.165, 1.54) is 18.9 Å². The van der Waals surface area contributed by atoms with Crippen LogP contribution in [-0.4, -0.2) is 167 Å². The second-order valence-electron chi connectivity index (χ2n) is 18.6. The first-order chi connectivity index (χ1) is 30.1. The van der Waals surface area contributed by atoms with Crippen molar-refractivity contribution in [3.63, 3.8) is 0 Å². The molecule has 0 aliphatic carbocycles. The molecule has 3 aromatic rings. The number of halogens is 1. The fourth-order valence-corrected chi connectivity index (χ4v) is 10.1. The molecule has 14 atom stereocenters. The van der Waals surface area contributed by atoms with Crippen LogP contribution in [0.3, 0.4) is 0 Å². The number of hydrogen-bond acceptors (Lipinski definition) is 16. The number of likely N-dealkylation sites (N-methyl/N-ethyl adjacent to an activating group) is 1. The van der Waals surface area contributed by atoms with E-state index < -0.39 is 101 Å². The lowest BCUT2D eigenvalue weighted by Crippen LogP contribution is -2.64. The molecular formula is C44H65FN8O11. The van der Waals surface area contributed by atoms with Gasteiger partial charge in [0.2, 0.25) is 0 Å². The van der Waals surface area contributed by atoms with E-state index in [0.29, 0.717) is 31.6 Å². The van der Waals surface area contributed by atoms with Crippen LogP contribution in [0.4, 0.5) is 9.18 Å². The Kier molecular flexibility index (Phi) is 14.7. The maximum atomic E-state index is 17.0. The highest BCUT2D eigenvalue weighted by Crippen LogP contribution is 2.44. The maximum absolute atomic E-state index is 17.0. The first kappa shape index (κ1) is 49.0. The zero-order valence-electron chi connectivity index (χ0n) is 38.7. The molecule has 64 heavy (non-hydrogen) atoms. The third-order valence-corrected chi connectivity index (χ3v) is 13.7. The molecule has 5 unspecified atom stereocenters. The van der Waals surface area contributed by atoms with E-state index >= 15 is 4.39 Å². The molecule has 3 fully saturated rings. The second-order valence-corrected chi connectivity index (χ2v) is 18.6. The van der Waals surface area contributed by atoms with Gasteiger partial charge in [0.25, 0.3) is 5.67 Å². The van der Waals surface area contributed by atoms with E-state index in [0.717, 1.165) is 18.0 Å². The summed E-state index contributed by atoms with van der Waals surface area (Å²) >= 11 is 0. The minimum absolute atomic E-state index is 0.0522. The van der Waals surface area contributed by atoms with Gasteiger partial charge in [-0.2, -0.15) is 0 Å². The number of rotatable bonds is 12. The average Bonchev–Trinajstić information content (AvgIpc) is 3.95. The molecule has 19 nitrogen and oxygen atoms in total. The topological polar surface area (TPSA) is 223 Å². The number of benzene rings is 1. The predicted octanol–water partition coefficient (Wildman–Crippen LogP) is 3.12. The summed E-state index contributed by atoms with van der Waals surface area (Å²) in [6.07, 6.45) is -5.37. The molecule has 0 spiro atoms. The maximum Gasteiger partial charge on any atom is 0.410 e. The van der Waals surface area contributed by atoms with Crippen LogP contribution in [0.15, 0.2) is 30.5 Å². The molecule has 1 aromatic carbocycles. The van der Waals surface area contributed by atoms with Crippen LogP contribution in [0.25, 0.3) is 11.0 Å². The van der Waals surface area contributed by atoms with Crippen LogP contribution in [0, 0.1) is 17.8 Å². The van der Waals surface area contributed by atoms with Gasteiger partial charge in [-0.15, -0.1) is 10.2 Å². The molecule has 354 valence electrons. The molecule has 6 rings (SSSR count). The summed E-state index contributed by atoms with van der Waals surface area (Å²) in [6, 6.07) is 5.79. The van der Waals surface area contributed by atoms with Crippen molar-refractivity contribution in [2.45, 2.75) is 160 Å². The summed E-state index contributed by atoms with van der Waals surface area (Å²) in [5.74, 6) is -6.13. The number of carbonyl (C=O) groups is 4. The van der Waals surface area contributed by atoms with Crippen molar-refractivity contribution < 1.29 is 57.5 Å². The number of amides is 1. The van der Waals surface area contributed by atoms with Crippen molar-refractivity contribution in [3.8, 4) is 0 Å². The number of aliphatic hydroxyl groups excluding tert-OH is 2. The van der Waals surface area contributed by atoms with Crippen LogP contribution >= 0.6 is 0 Å². The molecule has 2 aromatic heterocycles. The Hall–Kier alpha value is -4.47. The van der Waals surface area contributed by atoms with Crippen molar-refractivity contribution in [1.82, 2.24) is 39.8 Å². The molecule has 3 aliphatic heterocycles. The minimum atomic E-state index is -3.24. The molecule has 5 heterocycles. The number of carbonyl (C=O) groups excluding carboxylic acids is 4. The van der Waals surface area contributed by atoms with Gasteiger partial charge in [0.15, 0.2) is 17.7 Å². The molecule has 0 radical (unpaired) electrons. The number of fused-ring (bicyclic) bond motifs is 2. The lowest BCUT2D eigenvalue weighted by molar-refractivity contribution is -0.313. The number of hydrogen-bond donors (Lipinski definition) is 2. The van der Waals surface area contributed by atoms with E-state index in [4.69, 9.17) is 23.7 Å². The van der Waals surface area contributed by atoms with Gasteiger partial charge in [-0.25, -0.2) is 18.7 Å². The average molecular weight is 901 g/mol. The number of cyclic esters (lactones) is 1. The van der Waals surface area contributed by atoms with Crippen molar-refractivity contribution in [2.24, 2.45) is 17.8 Å². The smallest absolute Gasteiger partial charge is 0.410 e. The second kappa shape index (κ2) is 19.2. The van der Waals surface area contributed by atoms with Gasteiger partial charge < -0.3 is 43.7 Å². The Morgan fingerprint density at radius 1 is 0.953 bits per heavy atom. The monoisotopic (exact) mass is 900 g/mol. The van der Waals surface area contributed by atoms with Gasteiger partial charge in [-0.3, -0.25) is 14.3 Å². The summed E-state index contributed by atoms with van der Waals surface area (Å²) in [5.41, 5.74) is -4.08. The van der Waals surface area contributed by atoms with Gasteiger partial charge in [0.05, 0.1) is 54.3 Å². The van der Waals surface area contributed by atoms with E-state index in [9.17, 15) is 29.4 Å². The normalized spacial score (nSPS) is 36.9. The molecule has 1 amide bonds. The first-order valence-corrected chi connectivity index (χ1v) is 22.1. The Bertz CT molecular complexity index is 2150. The van der Waals surface area contributed by atoms with Crippen molar-refractivity contribution in [1.29, 1.82) is 0 Å². The Morgan fingerprint density at radius 2 is 1.64 bits per heavy atom. The summed E-state index contributed by atoms with van der Waals surface area (Å²) in [6.45, 7) is 13.0. The SMILES string of the molecule is CC[C@H]1OC(=O)[C@@](C)(F)C(=O)[C@H](C)[C@@H](OC2OC(C)C(O)C(N(C)C)C2O)[C@@](C)(OC)C[C@@H](C)C(=O)[C@H](C)[C@H]2N(CCCCn3cc(Cn4nnc5ccccc54)nn3)C(=O)O[C@]12C. The number of ketones is 2. The zero-order valence-corrected chi connectivity index (χ0v) is 38.7. The third kappa shape index (κ3) is 9.31. The van der Waals surface area contributed by atoms with E-state index in [1.807, 2.05) is 30.5 Å². The van der Waals surface area contributed by atoms with Gasteiger partial charge in [-0.05, 0) is 79.6 Å². The summed E-state index contributed by atoms with van der Waals surface area (Å²) < 4.78 is 50.8. The van der Waals surface area contributed by atoms with Gasteiger partial charge >= 0.3 is 12.1 Å². The van der Waals surface area contributed by atoms with Crippen LogP contribution in [0.5, 0.6) is 0 Å². The molecule has 0 bridgehead atoms.